The third-order valence-electron chi connectivity index (χ3n) is 5.44. The predicted molar refractivity (Wildman–Crippen MR) is 108 cm³/mol. The van der Waals surface area contributed by atoms with Crippen molar-refractivity contribution in [1.82, 2.24) is 24.5 Å². The summed E-state index contributed by atoms with van der Waals surface area (Å²) in [5.41, 5.74) is 2.40. The van der Waals surface area contributed by atoms with Crippen LogP contribution < -0.4 is 0 Å². The van der Waals surface area contributed by atoms with Gasteiger partial charge in [-0.25, -0.2) is 4.68 Å². The predicted octanol–water partition coefficient (Wildman–Crippen LogP) is 0.324. The first-order valence-electron chi connectivity index (χ1n) is 10.1. The van der Waals surface area contributed by atoms with Gasteiger partial charge in [0.25, 0.3) is 5.91 Å². The van der Waals surface area contributed by atoms with Gasteiger partial charge in [-0.05, 0) is 37.3 Å². The van der Waals surface area contributed by atoms with Crippen molar-refractivity contribution in [3.8, 4) is 5.69 Å². The molecule has 4 rings (SSSR count). The Morgan fingerprint density at radius 3 is 1.93 bits per heavy atom. The summed E-state index contributed by atoms with van der Waals surface area (Å²) >= 11 is 0. The van der Waals surface area contributed by atoms with Crippen LogP contribution in [0.4, 0.5) is 0 Å². The third kappa shape index (κ3) is 4.20. The zero-order valence-electron chi connectivity index (χ0n) is 17.0. The van der Waals surface area contributed by atoms with Gasteiger partial charge in [0.2, 0.25) is 0 Å². The Balaban J connectivity index is 1.32. The Kier molecular flexibility index (Phi) is 5.80. The molecule has 0 aliphatic carbocycles. The van der Waals surface area contributed by atoms with E-state index in [1.54, 1.807) is 21.7 Å². The largest absolute Gasteiger partial charge is 0.378 e. The molecule has 9 heteroatoms. The Hall–Kier alpha value is -3.20. The summed E-state index contributed by atoms with van der Waals surface area (Å²) < 4.78 is 6.99. The van der Waals surface area contributed by atoms with Gasteiger partial charge in [0.15, 0.2) is 0 Å². The van der Waals surface area contributed by atoms with E-state index in [1.807, 2.05) is 31.3 Å². The van der Waals surface area contributed by atoms with Crippen molar-refractivity contribution < 1.29 is 19.1 Å². The molecule has 3 amide bonds. The summed E-state index contributed by atoms with van der Waals surface area (Å²) in [7, 11) is 0. The number of piperazine rings is 1. The van der Waals surface area contributed by atoms with Crippen LogP contribution in [0.2, 0.25) is 0 Å². The van der Waals surface area contributed by atoms with Crippen LogP contribution in [0.5, 0.6) is 0 Å². The number of hydrogen-bond donors (Lipinski definition) is 0. The molecule has 2 aliphatic heterocycles. The molecule has 2 saturated heterocycles. The van der Waals surface area contributed by atoms with Gasteiger partial charge in [-0.3, -0.25) is 14.4 Å². The lowest BCUT2D eigenvalue weighted by molar-refractivity contribution is -0.154. The second kappa shape index (κ2) is 8.66. The van der Waals surface area contributed by atoms with Crippen molar-refractivity contribution in [2.24, 2.45) is 0 Å². The summed E-state index contributed by atoms with van der Waals surface area (Å²) in [4.78, 5) is 42.5. The topological polar surface area (TPSA) is 88.0 Å². The molecular weight excluding hydrogens is 386 g/mol. The average Bonchev–Trinajstić information content (AvgIpc) is 3.24. The lowest BCUT2D eigenvalue weighted by atomic mass is 10.1. The molecule has 0 radical (unpaired) electrons. The Labute approximate surface area is 174 Å². The summed E-state index contributed by atoms with van der Waals surface area (Å²) in [6, 6.07) is 9.22. The number of nitrogens with zero attached hydrogens (tertiary/aromatic N) is 5. The molecule has 1 aromatic carbocycles. The van der Waals surface area contributed by atoms with Crippen LogP contribution in [-0.4, -0.2) is 94.7 Å². The second-order valence-corrected chi connectivity index (χ2v) is 7.44. The van der Waals surface area contributed by atoms with Crippen molar-refractivity contribution in [3.05, 3.63) is 47.8 Å². The number of aromatic nitrogens is 2. The molecule has 3 heterocycles. The molecule has 0 atom stereocenters. The average molecular weight is 411 g/mol. The van der Waals surface area contributed by atoms with Crippen LogP contribution in [0.25, 0.3) is 5.69 Å². The van der Waals surface area contributed by atoms with Crippen LogP contribution in [0, 0.1) is 6.92 Å². The minimum absolute atomic E-state index is 0.0789. The zero-order valence-corrected chi connectivity index (χ0v) is 17.0. The third-order valence-corrected chi connectivity index (χ3v) is 5.44. The van der Waals surface area contributed by atoms with Crippen molar-refractivity contribution in [3.63, 3.8) is 0 Å². The normalized spacial score (nSPS) is 17.2. The molecule has 1 aromatic heterocycles. The number of amides is 3. The molecule has 0 N–H and O–H groups in total. The van der Waals surface area contributed by atoms with E-state index in [0.29, 0.717) is 58.0 Å². The quantitative estimate of drug-likeness (QED) is 0.665. The first-order valence-corrected chi connectivity index (χ1v) is 10.1. The monoisotopic (exact) mass is 411 g/mol. The molecule has 9 nitrogen and oxygen atoms in total. The van der Waals surface area contributed by atoms with Gasteiger partial charge in [-0.1, -0.05) is 0 Å². The van der Waals surface area contributed by atoms with Gasteiger partial charge in [0, 0.05) is 51.0 Å². The Bertz CT molecular complexity index is 925. The van der Waals surface area contributed by atoms with Crippen LogP contribution in [-0.2, 0) is 14.3 Å². The van der Waals surface area contributed by atoms with E-state index in [-0.39, 0.29) is 5.91 Å². The molecule has 0 spiro atoms. The second-order valence-electron chi connectivity index (χ2n) is 7.44. The number of hydrogen-bond acceptors (Lipinski definition) is 5. The minimum atomic E-state index is -0.497. The van der Waals surface area contributed by atoms with E-state index in [0.717, 1.165) is 11.4 Å². The first-order chi connectivity index (χ1) is 14.5. The maximum absolute atomic E-state index is 12.8. The lowest BCUT2D eigenvalue weighted by Gasteiger charge is -2.35. The highest BCUT2D eigenvalue weighted by atomic mass is 16.5. The van der Waals surface area contributed by atoms with Crippen molar-refractivity contribution in [2.45, 2.75) is 6.92 Å². The molecule has 2 fully saturated rings. The molecule has 2 aromatic rings. The molecule has 0 saturated carbocycles. The minimum Gasteiger partial charge on any atom is -0.378 e. The Morgan fingerprint density at radius 2 is 1.37 bits per heavy atom. The maximum atomic E-state index is 12.8. The number of carbonyl (C=O) groups excluding carboxylic acids is 3. The highest BCUT2D eigenvalue weighted by Gasteiger charge is 2.31. The van der Waals surface area contributed by atoms with Gasteiger partial charge in [0.05, 0.1) is 24.6 Å². The Morgan fingerprint density at radius 1 is 0.800 bits per heavy atom. The molecule has 2 aliphatic rings. The van der Waals surface area contributed by atoms with Crippen LogP contribution in [0.1, 0.15) is 16.1 Å². The van der Waals surface area contributed by atoms with E-state index in [4.69, 9.17) is 4.74 Å². The van der Waals surface area contributed by atoms with Crippen LogP contribution in [0.3, 0.4) is 0 Å². The fourth-order valence-electron chi connectivity index (χ4n) is 3.65. The van der Waals surface area contributed by atoms with Gasteiger partial charge >= 0.3 is 11.8 Å². The number of benzene rings is 1. The molecule has 0 unspecified atom stereocenters. The van der Waals surface area contributed by atoms with Crippen molar-refractivity contribution >= 4 is 17.7 Å². The van der Waals surface area contributed by atoms with Gasteiger partial charge in [0.1, 0.15) is 0 Å². The SMILES string of the molecule is Cc1ccn(-c2ccc(C(=O)N3CCN(C(=O)C(=O)N4CCOCC4)CC3)cc2)n1. The number of ether oxygens (including phenoxy) is 1. The molecule has 30 heavy (non-hydrogen) atoms. The standard InChI is InChI=1S/C21H25N5O4/c1-16-6-7-26(22-16)18-4-2-17(3-5-18)19(27)23-8-10-24(11-9-23)20(28)21(29)25-12-14-30-15-13-25/h2-7H,8-15H2,1H3. The van der Waals surface area contributed by atoms with E-state index >= 15 is 0 Å². The highest BCUT2D eigenvalue weighted by Crippen LogP contribution is 2.14. The number of morpholine rings is 1. The number of rotatable bonds is 2. The van der Waals surface area contributed by atoms with Gasteiger partial charge < -0.3 is 19.4 Å². The molecule has 158 valence electrons. The fourth-order valence-corrected chi connectivity index (χ4v) is 3.65. The summed E-state index contributed by atoms with van der Waals surface area (Å²) in [5, 5.41) is 4.36. The van der Waals surface area contributed by atoms with E-state index in [9.17, 15) is 14.4 Å². The summed E-state index contributed by atoms with van der Waals surface area (Å²) in [5.74, 6) is -1.06. The molecule has 0 bridgehead atoms. The number of aryl methyl sites for hydroxylation is 1. The van der Waals surface area contributed by atoms with Crippen LogP contribution in [0.15, 0.2) is 36.5 Å². The zero-order chi connectivity index (χ0) is 21.1. The lowest BCUT2D eigenvalue weighted by Crippen LogP contribution is -2.55. The maximum Gasteiger partial charge on any atom is 0.312 e. The number of carbonyl (C=O) groups is 3. The van der Waals surface area contributed by atoms with Gasteiger partial charge in [-0.2, -0.15) is 5.10 Å². The van der Waals surface area contributed by atoms with Gasteiger partial charge in [-0.15, -0.1) is 0 Å². The van der Waals surface area contributed by atoms with E-state index in [1.165, 1.54) is 9.80 Å². The van der Waals surface area contributed by atoms with Crippen LogP contribution >= 0.6 is 0 Å². The van der Waals surface area contributed by atoms with Crippen molar-refractivity contribution in [2.75, 3.05) is 52.5 Å². The summed E-state index contributed by atoms with van der Waals surface area (Å²) in [6.07, 6.45) is 1.88. The van der Waals surface area contributed by atoms with E-state index < -0.39 is 11.8 Å². The van der Waals surface area contributed by atoms with Crippen molar-refractivity contribution in [1.29, 1.82) is 0 Å². The molecular formula is C21H25N5O4. The fraction of sp³-hybridized carbons (Fsp3) is 0.429. The summed E-state index contributed by atoms with van der Waals surface area (Å²) in [6.45, 7) is 5.24. The van der Waals surface area contributed by atoms with E-state index in [2.05, 4.69) is 5.10 Å². The highest BCUT2D eigenvalue weighted by molar-refractivity contribution is 6.34. The first kappa shape index (κ1) is 20.1. The smallest absolute Gasteiger partial charge is 0.312 e.